The first-order chi connectivity index (χ1) is 6.37. The maximum absolute atomic E-state index is 11.9. The van der Waals surface area contributed by atoms with Crippen LogP contribution in [0.2, 0.25) is 0 Å². The molecule has 0 radical (unpaired) electrons. The van der Waals surface area contributed by atoms with Crippen molar-refractivity contribution < 1.29 is 69.1 Å². The second kappa shape index (κ2) is 7.01. The third kappa shape index (κ3) is 7.39. The van der Waals surface area contributed by atoms with E-state index in [9.17, 15) is 12.9 Å². The Morgan fingerprint density at radius 3 is 1.93 bits per heavy atom. The van der Waals surface area contributed by atoms with Crippen LogP contribution in [0.5, 0.6) is 0 Å². The minimum Gasteiger partial charge on any atom is -0.447 e. The Kier molecular flexibility index (Phi) is 7.69. The van der Waals surface area contributed by atoms with Crippen molar-refractivity contribution in [3.63, 3.8) is 0 Å². The maximum atomic E-state index is 11.9. The Morgan fingerprint density at radius 1 is 1.07 bits per heavy atom. The molecule has 84 valence electrons. The van der Waals surface area contributed by atoms with Crippen molar-refractivity contribution in [2.45, 2.75) is 39.2 Å². The van der Waals surface area contributed by atoms with Gasteiger partial charge in [-0.15, -0.1) is 0 Å². The van der Waals surface area contributed by atoms with E-state index in [4.69, 9.17) is 4.74 Å². The van der Waals surface area contributed by atoms with Gasteiger partial charge in [0.15, 0.2) is 0 Å². The van der Waals surface area contributed by atoms with Crippen LogP contribution >= 0.6 is 0 Å². The van der Waals surface area contributed by atoms with E-state index < -0.39 is 13.5 Å². The van der Waals surface area contributed by atoms with Crippen molar-refractivity contribution in [2.75, 3.05) is 6.51 Å². The van der Waals surface area contributed by atoms with Crippen LogP contribution in [0.15, 0.2) is 0 Å². The third-order valence-electron chi connectivity index (χ3n) is 2.66. The van der Waals surface area contributed by atoms with Crippen LogP contribution in [0.25, 0.3) is 0 Å². The quantitative estimate of drug-likeness (QED) is 0.649. The molecule has 0 spiro atoms. The number of hydrogen-bond acceptors (Lipinski definition) is 1. The second-order valence-electron chi connectivity index (χ2n) is 4.58. The van der Waals surface area contributed by atoms with Gasteiger partial charge in [-0.3, -0.25) is 0 Å². The van der Waals surface area contributed by atoms with Crippen LogP contribution in [0.1, 0.15) is 33.1 Å². The molecule has 0 amide bonds. The van der Waals surface area contributed by atoms with E-state index in [0.29, 0.717) is 11.8 Å². The predicted molar refractivity (Wildman–Crippen MR) is 51.0 cm³/mol. The van der Waals surface area contributed by atoms with Gasteiger partial charge in [0.1, 0.15) is 0 Å². The third-order valence-corrected chi connectivity index (χ3v) is 2.66. The van der Waals surface area contributed by atoms with Crippen molar-refractivity contribution >= 4 is 6.98 Å². The van der Waals surface area contributed by atoms with Crippen LogP contribution in [-0.4, -0.2) is 19.6 Å². The van der Waals surface area contributed by atoms with Crippen LogP contribution in [0, 0.1) is 11.8 Å². The Hall–Kier alpha value is 1.45. The maximum Gasteiger partial charge on any atom is 1.00 e. The molecule has 0 heterocycles. The zero-order chi connectivity index (χ0) is 10.8. The van der Waals surface area contributed by atoms with Crippen LogP contribution < -0.4 is 51.4 Å². The van der Waals surface area contributed by atoms with Gasteiger partial charge in [-0.1, -0.05) is 13.8 Å². The molecule has 0 aromatic rings. The predicted octanol–water partition coefficient (Wildman–Crippen LogP) is 0.218. The first-order valence-electron chi connectivity index (χ1n) is 5.19. The largest absolute Gasteiger partial charge is 1.00 e. The molecule has 2 unspecified atom stereocenters. The van der Waals surface area contributed by atoms with E-state index in [1.165, 1.54) is 0 Å². The summed E-state index contributed by atoms with van der Waals surface area (Å²) in [6, 6.07) is 0. The smallest absolute Gasteiger partial charge is 0.447 e. The summed E-state index contributed by atoms with van der Waals surface area (Å²) in [5.74, 6) is 0.981. The molecule has 1 saturated carbocycles. The molecule has 0 aliphatic heterocycles. The van der Waals surface area contributed by atoms with Gasteiger partial charge in [0.05, 0.1) is 6.10 Å². The van der Waals surface area contributed by atoms with Crippen molar-refractivity contribution in [1.82, 2.24) is 0 Å². The molecule has 1 aliphatic rings. The van der Waals surface area contributed by atoms with Crippen molar-refractivity contribution in [3.05, 3.63) is 0 Å². The molecule has 0 saturated heterocycles. The van der Waals surface area contributed by atoms with E-state index >= 15 is 0 Å². The molecule has 6 heteroatoms. The SMILES string of the molecule is CC1CC(C)CC(OC[B-](F)(F)F)C1.[K+]. The molecule has 1 rings (SSSR count). The molecule has 1 nitrogen and oxygen atoms in total. The van der Waals surface area contributed by atoms with Gasteiger partial charge in [0.2, 0.25) is 0 Å². The molecule has 2 atom stereocenters. The first kappa shape index (κ1) is 16.5. The molecular weight excluding hydrogens is 231 g/mol. The van der Waals surface area contributed by atoms with Gasteiger partial charge in [-0.05, 0) is 31.1 Å². The summed E-state index contributed by atoms with van der Waals surface area (Å²) in [6.07, 6.45) is 2.47. The zero-order valence-corrected chi connectivity index (χ0v) is 12.8. The summed E-state index contributed by atoms with van der Waals surface area (Å²) in [4.78, 5) is 0. The molecule has 1 aliphatic carbocycles. The van der Waals surface area contributed by atoms with Gasteiger partial charge in [-0.2, -0.15) is 0 Å². The molecule has 0 N–H and O–H groups in total. The Balaban J connectivity index is 0.00000196. The summed E-state index contributed by atoms with van der Waals surface area (Å²) in [7, 11) is 0. The normalized spacial score (nSPS) is 32.2. The molecule has 0 aromatic carbocycles. The fraction of sp³-hybridized carbons (Fsp3) is 1.00. The van der Waals surface area contributed by atoms with Gasteiger partial charge in [-0.25, -0.2) is 0 Å². The van der Waals surface area contributed by atoms with Crippen LogP contribution in [-0.2, 0) is 4.74 Å². The molecular formula is C9H17BF3KO. The van der Waals surface area contributed by atoms with E-state index in [0.717, 1.165) is 19.3 Å². The van der Waals surface area contributed by atoms with Crippen molar-refractivity contribution in [3.8, 4) is 0 Å². The van der Waals surface area contributed by atoms with Gasteiger partial charge < -0.3 is 17.7 Å². The molecule has 0 bridgehead atoms. The number of halogens is 3. The van der Waals surface area contributed by atoms with E-state index in [1.54, 1.807) is 0 Å². The summed E-state index contributed by atoms with van der Waals surface area (Å²) >= 11 is 0. The number of ether oxygens (including phenoxy) is 1. The number of hydrogen-bond donors (Lipinski definition) is 0. The second-order valence-corrected chi connectivity index (χ2v) is 4.58. The van der Waals surface area contributed by atoms with Crippen LogP contribution in [0.4, 0.5) is 12.9 Å². The molecule has 0 aromatic heterocycles. The monoisotopic (exact) mass is 248 g/mol. The van der Waals surface area contributed by atoms with Crippen molar-refractivity contribution in [1.29, 1.82) is 0 Å². The minimum absolute atomic E-state index is 0. The summed E-state index contributed by atoms with van der Waals surface area (Å²) in [6.45, 7) is -1.67. The standard InChI is InChI=1S/C9H17BF3O.K/c1-7-3-8(2)5-9(4-7)14-6-10(11,12)13;/h7-9H,3-6H2,1-2H3;/q-1;+1. The van der Waals surface area contributed by atoms with Crippen LogP contribution in [0.3, 0.4) is 0 Å². The Bertz CT molecular complexity index is 179. The van der Waals surface area contributed by atoms with Gasteiger partial charge in [0.25, 0.3) is 0 Å². The zero-order valence-electron chi connectivity index (χ0n) is 9.68. The average Bonchev–Trinajstić information content (AvgIpc) is 1.97. The van der Waals surface area contributed by atoms with Gasteiger partial charge >= 0.3 is 58.4 Å². The minimum atomic E-state index is -4.78. The van der Waals surface area contributed by atoms with E-state index in [-0.39, 0.29) is 57.5 Å². The average molecular weight is 248 g/mol. The fourth-order valence-electron chi connectivity index (χ4n) is 2.25. The van der Waals surface area contributed by atoms with E-state index in [2.05, 4.69) is 13.8 Å². The summed E-state index contributed by atoms with van der Waals surface area (Å²) in [5, 5.41) is 0. The van der Waals surface area contributed by atoms with Gasteiger partial charge in [0, 0.05) is 6.51 Å². The Morgan fingerprint density at radius 2 is 1.53 bits per heavy atom. The summed E-state index contributed by atoms with van der Waals surface area (Å²) in [5.41, 5.74) is 0. The topological polar surface area (TPSA) is 9.23 Å². The van der Waals surface area contributed by atoms with E-state index in [1.807, 2.05) is 0 Å². The molecule has 1 fully saturated rings. The number of rotatable bonds is 3. The molecule has 15 heavy (non-hydrogen) atoms. The van der Waals surface area contributed by atoms with Crippen molar-refractivity contribution in [2.24, 2.45) is 11.8 Å². The first-order valence-corrected chi connectivity index (χ1v) is 5.19. The summed E-state index contributed by atoms with van der Waals surface area (Å²) < 4.78 is 40.7. The fourth-order valence-corrected chi connectivity index (χ4v) is 2.25. The Labute approximate surface area is 132 Å².